The summed E-state index contributed by atoms with van der Waals surface area (Å²) in [6, 6.07) is 1.31. The third-order valence-electron chi connectivity index (χ3n) is 4.78. The van der Waals surface area contributed by atoms with E-state index >= 15 is 0 Å². The van der Waals surface area contributed by atoms with E-state index in [9.17, 15) is 23.1 Å². The van der Waals surface area contributed by atoms with Crippen LogP contribution < -0.4 is 5.32 Å². The first-order valence-corrected chi connectivity index (χ1v) is 10.3. The SMILES string of the molecule is CCCC(C)(NC(=O)c1cc(S(=O)(=O)N2CCCCC2)cn1C)C(=O)O. The molecule has 1 unspecified atom stereocenters. The van der Waals surface area contributed by atoms with Crippen LogP contribution in [-0.4, -0.2) is 52.9 Å². The van der Waals surface area contributed by atoms with E-state index in [1.54, 1.807) is 7.05 Å². The maximum Gasteiger partial charge on any atom is 0.329 e. The molecule has 1 fully saturated rings. The van der Waals surface area contributed by atoms with E-state index in [0.29, 0.717) is 19.5 Å². The summed E-state index contributed by atoms with van der Waals surface area (Å²) in [4.78, 5) is 24.1. The van der Waals surface area contributed by atoms with Crippen LogP contribution >= 0.6 is 0 Å². The molecule has 2 heterocycles. The van der Waals surface area contributed by atoms with Crippen LogP contribution in [0.1, 0.15) is 56.4 Å². The third kappa shape index (κ3) is 4.09. The Labute approximate surface area is 154 Å². The zero-order valence-corrected chi connectivity index (χ0v) is 16.3. The van der Waals surface area contributed by atoms with Gasteiger partial charge in [0.2, 0.25) is 10.0 Å². The van der Waals surface area contributed by atoms with E-state index in [0.717, 1.165) is 19.3 Å². The van der Waals surface area contributed by atoms with Crippen molar-refractivity contribution in [3.8, 4) is 0 Å². The van der Waals surface area contributed by atoms with Gasteiger partial charge in [-0.05, 0) is 32.3 Å². The Kier molecular flexibility index (Phi) is 6.13. The number of carbonyl (C=O) groups excluding carboxylic acids is 1. The Balaban J connectivity index is 2.26. The lowest BCUT2D eigenvalue weighted by atomic mass is 9.96. The molecule has 0 radical (unpaired) electrons. The number of aliphatic carboxylic acids is 1. The molecule has 0 spiro atoms. The van der Waals surface area contributed by atoms with Crippen molar-refractivity contribution >= 4 is 21.9 Å². The lowest BCUT2D eigenvalue weighted by Gasteiger charge is -2.25. The fourth-order valence-corrected chi connectivity index (χ4v) is 4.78. The molecule has 1 aromatic rings. The maximum atomic E-state index is 12.8. The molecule has 9 heteroatoms. The van der Waals surface area contributed by atoms with Crippen LogP contribution in [0.15, 0.2) is 17.2 Å². The van der Waals surface area contributed by atoms with Gasteiger partial charge in [-0.2, -0.15) is 4.31 Å². The summed E-state index contributed by atoms with van der Waals surface area (Å²) in [5.41, 5.74) is -1.29. The number of sulfonamides is 1. The van der Waals surface area contributed by atoms with Crippen molar-refractivity contribution in [1.29, 1.82) is 0 Å². The summed E-state index contributed by atoms with van der Waals surface area (Å²) in [7, 11) is -2.08. The zero-order chi connectivity index (χ0) is 19.5. The average Bonchev–Trinajstić information content (AvgIpc) is 2.98. The van der Waals surface area contributed by atoms with Crippen LogP contribution in [-0.2, 0) is 21.9 Å². The summed E-state index contributed by atoms with van der Waals surface area (Å²) in [5, 5.41) is 11.9. The highest BCUT2D eigenvalue weighted by atomic mass is 32.2. The molecular formula is C17H27N3O5S. The van der Waals surface area contributed by atoms with Gasteiger partial charge >= 0.3 is 5.97 Å². The molecule has 1 amide bonds. The normalized spacial score (nSPS) is 18.3. The molecule has 0 saturated carbocycles. The van der Waals surface area contributed by atoms with Crippen molar-refractivity contribution in [2.75, 3.05) is 13.1 Å². The second-order valence-electron chi connectivity index (χ2n) is 6.98. The van der Waals surface area contributed by atoms with Crippen LogP contribution in [0.25, 0.3) is 0 Å². The van der Waals surface area contributed by atoms with Gasteiger partial charge in [-0.3, -0.25) is 4.79 Å². The van der Waals surface area contributed by atoms with Gasteiger partial charge < -0.3 is 15.0 Å². The minimum Gasteiger partial charge on any atom is -0.480 e. The monoisotopic (exact) mass is 385 g/mol. The van der Waals surface area contributed by atoms with Crippen LogP contribution in [0.2, 0.25) is 0 Å². The second kappa shape index (κ2) is 7.79. The van der Waals surface area contributed by atoms with Crippen molar-refractivity contribution < 1.29 is 23.1 Å². The fraction of sp³-hybridized carbons (Fsp3) is 0.647. The van der Waals surface area contributed by atoms with Crippen molar-refractivity contribution in [2.24, 2.45) is 7.05 Å². The zero-order valence-electron chi connectivity index (χ0n) is 15.5. The Morgan fingerprint density at radius 1 is 1.27 bits per heavy atom. The van der Waals surface area contributed by atoms with Gasteiger partial charge in [0, 0.05) is 26.3 Å². The molecule has 0 aromatic carbocycles. The maximum absolute atomic E-state index is 12.8. The summed E-state index contributed by atoms with van der Waals surface area (Å²) in [6.45, 7) is 4.24. The molecule has 146 valence electrons. The molecule has 1 aromatic heterocycles. The van der Waals surface area contributed by atoms with Gasteiger partial charge in [0.25, 0.3) is 5.91 Å². The molecule has 2 rings (SSSR count). The summed E-state index contributed by atoms with van der Waals surface area (Å²) >= 11 is 0. The number of aryl methyl sites for hydroxylation is 1. The predicted molar refractivity (Wildman–Crippen MR) is 96.4 cm³/mol. The Bertz CT molecular complexity index is 780. The number of carboxylic acids is 1. The summed E-state index contributed by atoms with van der Waals surface area (Å²) < 4.78 is 28.4. The second-order valence-corrected chi connectivity index (χ2v) is 8.92. The number of nitrogens with one attached hydrogen (secondary N) is 1. The molecule has 1 atom stereocenters. The number of rotatable bonds is 7. The summed E-state index contributed by atoms with van der Waals surface area (Å²) in [6.07, 6.45) is 4.93. The van der Waals surface area contributed by atoms with E-state index in [2.05, 4.69) is 5.32 Å². The predicted octanol–water partition coefficient (Wildman–Crippen LogP) is 1.57. The van der Waals surface area contributed by atoms with Gasteiger partial charge in [-0.1, -0.05) is 19.8 Å². The first-order chi connectivity index (χ1) is 12.1. The van der Waals surface area contributed by atoms with Crippen LogP contribution in [0, 0.1) is 0 Å². The molecular weight excluding hydrogens is 358 g/mol. The van der Waals surface area contributed by atoms with Gasteiger partial charge in [0.15, 0.2) is 0 Å². The van der Waals surface area contributed by atoms with Gasteiger partial charge in [-0.15, -0.1) is 0 Å². The third-order valence-corrected chi connectivity index (χ3v) is 6.64. The molecule has 26 heavy (non-hydrogen) atoms. The van der Waals surface area contributed by atoms with Gasteiger partial charge in [-0.25, -0.2) is 13.2 Å². The van der Waals surface area contributed by atoms with Gasteiger partial charge in [0.05, 0.1) is 0 Å². The minimum absolute atomic E-state index is 0.0552. The highest BCUT2D eigenvalue weighted by molar-refractivity contribution is 7.89. The first kappa shape index (κ1) is 20.4. The van der Waals surface area contributed by atoms with Crippen LogP contribution in [0.5, 0.6) is 0 Å². The minimum atomic E-state index is -3.65. The fourth-order valence-electron chi connectivity index (χ4n) is 3.19. The lowest BCUT2D eigenvalue weighted by Crippen LogP contribution is -2.52. The number of carbonyl (C=O) groups is 2. The number of aromatic nitrogens is 1. The quantitative estimate of drug-likeness (QED) is 0.741. The van der Waals surface area contributed by atoms with Crippen molar-refractivity contribution in [1.82, 2.24) is 14.2 Å². The van der Waals surface area contributed by atoms with Crippen LogP contribution in [0.4, 0.5) is 0 Å². The number of piperidine rings is 1. The number of hydrogen-bond donors (Lipinski definition) is 2. The summed E-state index contributed by atoms with van der Waals surface area (Å²) in [5.74, 6) is -1.73. The van der Waals surface area contributed by atoms with Crippen molar-refractivity contribution in [3.05, 3.63) is 18.0 Å². The topological polar surface area (TPSA) is 109 Å². The molecule has 2 N–H and O–H groups in total. The highest BCUT2D eigenvalue weighted by Gasteiger charge is 2.35. The Morgan fingerprint density at radius 2 is 1.88 bits per heavy atom. The average molecular weight is 385 g/mol. The van der Waals surface area contributed by atoms with Crippen LogP contribution in [0.3, 0.4) is 0 Å². The van der Waals surface area contributed by atoms with E-state index in [4.69, 9.17) is 0 Å². The Morgan fingerprint density at radius 3 is 2.42 bits per heavy atom. The number of carboxylic acid groups (broad SMARTS) is 1. The number of amides is 1. The molecule has 0 aliphatic carbocycles. The van der Waals surface area contributed by atoms with Crippen molar-refractivity contribution in [2.45, 2.75) is 56.4 Å². The van der Waals surface area contributed by atoms with E-state index in [-0.39, 0.29) is 17.0 Å². The van der Waals surface area contributed by atoms with E-state index in [1.165, 1.54) is 28.1 Å². The number of nitrogens with zero attached hydrogens (tertiary/aromatic N) is 2. The van der Waals surface area contributed by atoms with Gasteiger partial charge in [0.1, 0.15) is 16.1 Å². The molecule has 1 aliphatic rings. The molecule has 8 nitrogen and oxygen atoms in total. The lowest BCUT2D eigenvalue weighted by molar-refractivity contribution is -0.144. The molecule has 1 saturated heterocycles. The first-order valence-electron chi connectivity index (χ1n) is 8.84. The van der Waals surface area contributed by atoms with Crippen molar-refractivity contribution in [3.63, 3.8) is 0 Å². The molecule has 0 bridgehead atoms. The van der Waals surface area contributed by atoms with E-state index in [1.807, 2.05) is 6.92 Å². The Hall–Kier alpha value is -1.87. The standard InChI is InChI=1S/C17H27N3O5S/c1-4-8-17(2,16(22)23)18-15(21)14-11-13(12-19(14)3)26(24,25)20-9-6-5-7-10-20/h11-12H,4-10H2,1-3H3,(H,18,21)(H,22,23). The van der Waals surface area contributed by atoms with E-state index < -0.39 is 27.4 Å². The smallest absolute Gasteiger partial charge is 0.329 e. The highest BCUT2D eigenvalue weighted by Crippen LogP contribution is 2.23. The number of hydrogen-bond acceptors (Lipinski definition) is 4. The molecule has 1 aliphatic heterocycles. The largest absolute Gasteiger partial charge is 0.480 e.